The molecule has 0 radical (unpaired) electrons. The minimum absolute atomic E-state index is 0.172. The first-order valence-electron chi connectivity index (χ1n) is 10.4. The third-order valence-corrected chi connectivity index (χ3v) is 5.93. The van der Waals surface area contributed by atoms with Crippen LogP contribution < -0.4 is 0 Å². The summed E-state index contributed by atoms with van der Waals surface area (Å²) in [5, 5.41) is 0. The van der Waals surface area contributed by atoms with Gasteiger partial charge in [-0.2, -0.15) is 0 Å². The molecule has 2 aliphatic carbocycles. The van der Waals surface area contributed by atoms with Gasteiger partial charge in [-0.25, -0.2) is 0 Å². The molecule has 0 atom stereocenters. The molecule has 0 aromatic heterocycles. The van der Waals surface area contributed by atoms with Crippen LogP contribution in [0.25, 0.3) is 5.57 Å². The molecule has 1 aromatic carbocycles. The quantitative estimate of drug-likeness (QED) is 0.307. The maximum absolute atomic E-state index is 3.54. The Labute approximate surface area is 154 Å². The van der Waals surface area contributed by atoms with E-state index in [9.17, 15) is 0 Å². The van der Waals surface area contributed by atoms with Crippen molar-refractivity contribution >= 4 is 5.57 Å². The molecule has 0 bridgehead atoms. The molecule has 0 heterocycles. The Hall–Kier alpha value is -1.74. The van der Waals surface area contributed by atoms with Crippen LogP contribution in [0.1, 0.15) is 89.2 Å². The molecule has 2 aliphatic rings. The van der Waals surface area contributed by atoms with Crippen LogP contribution in [0.5, 0.6) is 0 Å². The fourth-order valence-electron chi connectivity index (χ4n) is 4.61. The lowest BCUT2D eigenvalue weighted by Gasteiger charge is -2.32. The molecule has 0 saturated heterocycles. The lowest BCUT2D eigenvalue weighted by Crippen LogP contribution is -2.25. The molecule has 132 valence electrons. The smallest absolute Gasteiger partial charge is 0.0294 e. The zero-order valence-corrected chi connectivity index (χ0v) is 16.0. The van der Waals surface area contributed by atoms with Crippen LogP contribution in [0.2, 0.25) is 0 Å². The molecule has 0 nitrogen and oxygen atoms in total. The fourth-order valence-corrected chi connectivity index (χ4v) is 4.61. The van der Waals surface area contributed by atoms with Gasteiger partial charge in [0.1, 0.15) is 0 Å². The zero-order valence-electron chi connectivity index (χ0n) is 16.0. The van der Waals surface area contributed by atoms with E-state index >= 15 is 0 Å². The average molecular weight is 333 g/mol. The third-order valence-electron chi connectivity index (χ3n) is 5.93. The van der Waals surface area contributed by atoms with Crippen molar-refractivity contribution in [1.82, 2.24) is 0 Å². The van der Waals surface area contributed by atoms with Gasteiger partial charge in [-0.05, 0) is 41.7 Å². The Balaban J connectivity index is 1.94. The van der Waals surface area contributed by atoms with Gasteiger partial charge >= 0.3 is 0 Å². The summed E-state index contributed by atoms with van der Waals surface area (Å²) in [4.78, 5) is 0. The highest BCUT2D eigenvalue weighted by Crippen LogP contribution is 2.55. The van der Waals surface area contributed by atoms with E-state index in [1.165, 1.54) is 80.9 Å². The molecule has 0 fully saturated rings. The van der Waals surface area contributed by atoms with E-state index in [1.54, 1.807) is 5.56 Å². The molecule has 0 unspecified atom stereocenters. The summed E-state index contributed by atoms with van der Waals surface area (Å²) in [5.41, 5.74) is 12.8. The molecular weight excluding hydrogens is 300 g/mol. The van der Waals surface area contributed by atoms with Crippen molar-refractivity contribution < 1.29 is 0 Å². The van der Waals surface area contributed by atoms with E-state index < -0.39 is 0 Å². The normalized spacial score (nSPS) is 16.4. The molecule has 0 N–H and O–H groups in total. The predicted octanol–water partition coefficient (Wildman–Crippen LogP) is 7.51. The summed E-state index contributed by atoms with van der Waals surface area (Å²) >= 11 is 0. The SMILES string of the molecule is CCCCCCC1(CCCCCC)C2=C=C=CC=C2c2ccccc21. The van der Waals surface area contributed by atoms with Crippen LogP contribution in [0, 0.1) is 0 Å². The largest absolute Gasteiger partial charge is 0.0699 e. The molecule has 0 aliphatic heterocycles. The molecule has 3 rings (SSSR count). The topological polar surface area (TPSA) is 0 Å². The molecule has 25 heavy (non-hydrogen) atoms. The summed E-state index contributed by atoms with van der Waals surface area (Å²) in [7, 11) is 0. The minimum atomic E-state index is 0.172. The van der Waals surface area contributed by atoms with Crippen LogP contribution >= 0.6 is 0 Å². The summed E-state index contributed by atoms with van der Waals surface area (Å²) < 4.78 is 0. The molecule has 0 saturated carbocycles. The summed E-state index contributed by atoms with van der Waals surface area (Å²) in [5.74, 6) is 0. The maximum atomic E-state index is 3.54. The van der Waals surface area contributed by atoms with Crippen molar-refractivity contribution in [2.75, 3.05) is 0 Å². The fraction of sp³-hybridized carbons (Fsp3) is 0.520. The first kappa shape index (κ1) is 18.1. The Kier molecular flexibility index (Phi) is 6.19. The molecular formula is C25H32. The van der Waals surface area contributed by atoms with E-state index in [4.69, 9.17) is 0 Å². The van der Waals surface area contributed by atoms with Crippen LogP contribution in [-0.2, 0) is 5.41 Å². The molecule has 1 aromatic rings. The number of benzene rings is 1. The Morgan fingerprint density at radius 2 is 1.52 bits per heavy atom. The molecule has 0 amide bonds. The maximum Gasteiger partial charge on any atom is 0.0294 e. The Bertz CT molecular complexity index is 706. The van der Waals surface area contributed by atoms with Crippen molar-refractivity contribution in [3.63, 3.8) is 0 Å². The Morgan fingerprint density at radius 1 is 0.840 bits per heavy atom. The van der Waals surface area contributed by atoms with Crippen LogP contribution in [-0.4, -0.2) is 0 Å². The van der Waals surface area contributed by atoms with Crippen LogP contribution in [0.3, 0.4) is 0 Å². The number of rotatable bonds is 10. The standard InChI is InChI=1S/C25H32/c1-3-5-7-13-19-25(20-14-8-6-4-2)23-17-11-9-15-21(23)22-16-10-12-18-24(22)25/h9-11,15-17H,3-8,13-14,19-20H2,1-2H3. The van der Waals surface area contributed by atoms with E-state index in [2.05, 4.69) is 55.7 Å². The predicted molar refractivity (Wildman–Crippen MR) is 109 cm³/mol. The second-order valence-corrected chi connectivity index (χ2v) is 7.64. The van der Waals surface area contributed by atoms with Gasteiger partial charge in [-0.15, -0.1) is 0 Å². The van der Waals surface area contributed by atoms with Gasteiger partial charge < -0.3 is 0 Å². The molecule has 0 spiro atoms. The summed E-state index contributed by atoms with van der Waals surface area (Å²) in [6.07, 6.45) is 17.4. The number of unbranched alkanes of at least 4 members (excludes halogenated alkanes) is 6. The van der Waals surface area contributed by atoms with Crippen molar-refractivity contribution in [1.29, 1.82) is 0 Å². The Morgan fingerprint density at radius 3 is 2.20 bits per heavy atom. The van der Waals surface area contributed by atoms with Gasteiger partial charge in [0.15, 0.2) is 0 Å². The number of hydrogen-bond donors (Lipinski definition) is 0. The second-order valence-electron chi connectivity index (χ2n) is 7.64. The summed E-state index contributed by atoms with van der Waals surface area (Å²) in [6.45, 7) is 4.59. The van der Waals surface area contributed by atoms with Crippen molar-refractivity contribution in [3.8, 4) is 0 Å². The van der Waals surface area contributed by atoms with Gasteiger partial charge in [0, 0.05) is 11.0 Å². The summed E-state index contributed by atoms with van der Waals surface area (Å²) in [6, 6.07) is 9.09. The van der Waals surface area contributed by atoms with Gasteiger partial charge in [0.05, 0.1) is 0 Å². The van der Waals surface area contributed by atoms with Crippen molar-refractivity contribution in [3.05, 3.63) is 64.6 Å². The van der Waals surface area contributed by atoms with E-state index in [-0.39, 0.29) is 5.41 Å². The van der Waals surface area contributed by atoms with Crippen LogP contribution in [0.4, 0.5) is 0 Å². The van der Waals surface area contributed by atoms with Crippen molar-refractivity contribution in [2.24, 2.45) is 0 Å². The van der Waals surface area contributed by atoms with Gasteiger partial charge in [-0.1, -0.05) is 101 Å². The van der Waals surface area contributed by atoms with Gasteiger partial charge in [0.25, 0.3) is 0 Å². The zero-order chi connectivity index (χ0) is 17.5. The highest BCUT2D eigenvalue weighted by Gasteiger charge is 2.44. The lowest BCUT2D eigenvalue weighted by molar-refractivity contribution is 0.401. The highest BCUT2D eigenvalue weighted by atomic mass is 14.5. The van der Waals surface area contributed by atoms with Crippen LogP contribution in [0.15, 0.2) is 53.5 Å². The number of hydrogen-bond acceptors (Lipinski definition) is 0. The molecule has 0 heteroatoms. The van der Waals surface area contributed by atoms with E-state index in [1.807, 2.05) is 6.08 Å². The third kappa shape index (κ3) is 3.62. The minimum Gasteiger partial charge on any atom is -0.0699 e. The van der Waals surface area contributed by atoms with E-state index in [0.29, 0.717) is 0 Å². The van der Waals surface area contributed by atoms with Gasteiger partial charge in [0.2, 0.25) is 0 Å². The van der Waals surface area contributed by atoms with Crippen molar-refractivity contribution in [2.45, 2.75) is 83.5 Å². The van der Waals surface area contributed by atoms with Gasteiger partial charge in [-0.3, -0.25) is 0 Å². The number of fused-ring (bicyclic) bond motifs is 3. The highest BCUT2D eigenvalue weighted by molar-refractivity contribution is 5.91. The average Bonchev–Trinajstić information content (AvgIpc) is 2.94. The first-order chi connectivity index (χ1) is 12.3. The lowest BCUT2D eigenvalue weighted by atomic mass is 9.70. The monoisotopic (exact) mass is 332 g/mol. The first-order valence-corrected chi connectivity index (χ1v) is 10.4. The number of allylic oxidation sites excluding steroid dienone is 4. The second kappa shape index (κ2) is 8.57. The van der Waals surface area contributed by atoms with E-state index in [0.717, 1.165) is 0 Å².